The van der Waals surface area contributed by atoms with Crippen LogP contribution >= 0.6 is 11.8 Å². The Morgan fingerprint density at radius 2 is 2.07 bits per heavy atom. The van der Waals surface area contributed by atoms with Crippen molar-refractivity contribution in [3.05, 3.63) is 68.5 Å². The molecule has 7 nitrogen and oxygen atoms in total. The van der Waals surface area contributed by atoms with Crippen molar-refractivity contribution in [1.29, 1.82) is 0 Å². The molecular weight excluding hydrogens is 366 g/mol. The smallest absolute Gasteiger partial charge is 0.270 e. The van der Waals surface area contributed by atoms with E-state index < -0.39 is 4.92 Å². The number of para-hydroxylation sites is 1. The van der Waals surface area contributed by atoms with Crippen LogP contribution in [0.15, 0.2) is 52.4 Å². The quantitative estimate of drug-likeness (QED) is 0.277. The average molecular weight is 383 g/mol. The number of aromatic nitrogens is 2. The predicted molar refractivity (Wildman–Crippen MR) is 103 cm³/mol. The van der Waals surface area contributed by atoms with Crippen molar-refractivity contribution in [3.8, 4) is 5.75 Å². The molecule has 0 bridgehead atoms. The molecule has 1 aliphatic rings. The van der Waals surface area contributed by atoms with Crippen molar-refractivity contribution in [2.75, 3.05) is 7.11 Å². The number of hydrogen-bond acceptors (Lipinski definition) is 6. The van der Waals surface area contributed by atoms with Gasteiger partial charge in [0.2, 0.25) is 0 Å². The van der Waals surface area contributed by atoms with Crippen molar-refractivity contribution < 1.29 is 9.66 Å². The molecule has 4 rings (SSSR count). The van der Waals surface area contributed by atoms with E-state index in [9.17, 15) is 14.9 Å². The van der Waals surface area contributed by atoms with E-state index in [1.165, 1.54) is 31.0 Å². The van der Waals surface area contributed by atoms with Gasteiger partial charge in [-0.3, -0.25) is 19.5 Å². The number of benzene rings is 2. The van der Waals surface area contributed by atoms with Gasteiger partial charge in [-0.15, -0.1) is 0 Å². The Labute approximate surface area is 159 Å². The Morgan fingerprint density at radius 1 is 1.30 bits per heavy atom. The normalized spacial score (nSPS) is 13.7. The number of nitro groups is 1. The summed E-state index contributed by atoms with van der Waals surface area (Å²) in [5.41, 5.74) is 1.34. The Morgan fingerprint density at radius 3 is 2.78 bits per heavy atom. The zero-order valence-electron chi connectivity index (χ0n) is 14.6. The van der Waals surface area contributed by atoms with Gasteiger partial charge in [-0.05, 0) is 31.0 Å². The standard InChI is InChI=1S/C19H17N3O4S/c1-26-17-9-8-14(22(24)25)10-12(17)11-27-19-20-16-5-3-2-4-15(16)18(23)21(19)13-6-7-13/h2-5,8-10,13H,6-7,11H2,1H3. The molecule has 3 aromatic rings. The van der Waals surface area contributed by atoms with Crippen LogP contribution in [-0.4, -0.2) is 21.6 Å². The monoisotopic (exact) mass is 383 g/mol. The van der Waals surface area contributed by atoms with Crippen LogP contribution in [0.5, 0.6) is 5.75 Å². The predicted octanol–water partition coefficient (Wildman–Crippen LogP) is 3.94. The van der Waals surface area contributed by atoms with Gasteiger partial charge in [0.15, 0.2) is 5.16 Å². The van der Waals surface area contributed by atoms with Crippen LogP contribution < -0.4 is 10.3 Å². The number of rotatable bonds is 6. The molecule has 27 heavy (non-hydrogen) atoms. The molecule has 1 aromatic heterocycles. The second-order valence-corrected chi connectivity index (χ2v) is 7.30. The molecule has 1 saturated carbocycles. The van der Waals surface area contributed by atoms with Gasteiger partial charge in [0, 0.05) is 29.5 Å². The van der Waals surface area contributed by atoms with Crippen LogP contribution in [0.4, 0.5) is 5.69 Å². The van der Waals surface area contributed by atoms with E-state index in [1.807, 2.05) is 18.2 Å². The Bertz CT molecular complexity index is 1090. The number of nitro benzene ring substituents is 1. The first-order valence-corrected chi connectivity index (χ1v) is 9.52. The summed E-state index contributed by atoms with van der Waals surface area (Å²) in [7, 11) is 1.53. The molecule has 0 saturated heterocycles. The number of non-ortho nitro benzene ring substituents is 1. The number of fused-ring (bicyclic) bond motifs is 1. The molecule has 1 aliphatic carbocycles. The van der Waals surface area contributed by atoms with E-state index in [-0.39, 0.29) is 17.3 Å². The highest BCUT2D eigenvalue weighted by atomic mass is 32.2. The van der Waals surface area contributed by atoms with Crippen molar-refractivity contribution in [2.24, 2.45) is 0 Å². The molecule has 0 spiro atoms. The zero-order chi connectivity index (χ0) is 19.0. The minimum Gasteiger partial charge on any atom is -0.496 e. The summed E-state index contributed by atoms with van der Waals surface area (Å²) in [5, 5.41) is 12.3. The van der Waals surface area contributed by atoms with Gasteiger partial charge in [-0.1, -0.05) is 23.9 Å². The summed E-state index contributed by atoms with van der Waals surface area (Å²) in [5.74, 6) is 0.997. The maximum atomic E-state index is 12.9. The molecule has 1 fully saturated rings. The van der Waals surface area contributed by atoms with E-state index in [0.717, 1.165) is 12.8 Å². The van der Waals surface area contributed by atoms with Gasteiger partial charge in [0.25, 0.3) is 11.2 Å². The molecule has 8 heteroatoms. The lowest BCUT2D eigenvalue weighted by Crippen LogP contribution is -2.22. The second kappa shape index (κ2) is 7.03. The maximum absolute atomic E-state index is 12.9. The van der Waals surface area contributed by atoms with Crippen molar-refractivity contribution in [2.45, 2.75) is 29.8 Å². The maximum Gasteiger partial charge on any atom is 0.270 e. The fourth-order valence-corrected chi connectivity index (χ4v) is 4.06. The minimum atomic E-state index is -0.429. The summed E-state index contributed by atoms with van der Waals surface area (Å²) in [6, 6.07) is 12.0. The van der Waals surface area contributed by atoms with E-state index in [1.54, 1.807) is 16.7 Å². The van der Waals surface area contributed by atoms with Crippen LogP contribution in [0.1, 0.15) is 24.4 Å². The molecule has 1 heterocycles. The van der Waals surface area contributed by atoms with E-state index in [2.05, 4.69) is 4.98 Å². The highest BCUT2D eigenvalue weighted by Crippen LogP contribution is 2.38. The van der Waals surface area contributed by atoms with Gasteiger partial charge in [0.05, 0.1) is 22.9 Å². The highest BCUT2D eigenvalue weighted by molar-refractivity contribution is 7.98. The number of methoxy groups -OCH3 is 1. The Kier molecular flexibility index (Phi) is 4.57. The van der Waals surface area contributed by atoms with Crippen LogP contribution in [0.3, 0.4) is 0 Å². The third-order valence-corrected chi connectivity index (χ3v) is 5.52. The lowest BCUT2D eigenvalue weighted by atomic mass is 10.2. The first-order valence-electron chi connectivity index (χ1n) is 8.54. The first kappa shape index (κ1) is 17.5. The van der Waals surface area contributed by atoms with Crippen molar-refractivity contribution in [3.63, 3.8) is 0 Å². The van der Waals surface area contributed by atoms with Gasteiger partial charge in [-0.2, -0.15) is 0 Å². The lowest BCUT2D eigenvalue weighted by Gasteiger charge is -2.13. The largest absolute Gasteiger partial charge is 0.496 e. The summed E-state index contributed by atoms with van der Waals surface area (Å²) in [6.45, 7) is 0. The molecule has 0 amide bonds. The third-order valence-electron chi connectivity index (χ3n) is 4.52. The van der Waals surface area contributed by atoms with Crippen LogP contribution in [0.2, 0.25) is 0 Å². The third kappa shape index (κ3) is 3.40. The summed E-state index contributed by atoms with van der Waals surface area (Å²) in [4.78, 5) is 28.2. The van der Waals surface area contributed by atoms with Gasteiger partial charge >= 0.3 is 0 Å². The number of ether oxygens (including phenoxy) is 1. The lowest BCUT2D eigenvalue weighted by molar-refractivity contribution is -0.384. The SMILES string of the molecule is COc1ccc([N+](=O)[O-])cc1CSc1nc2ccccc2c(=O)n1C1CC1. The molecule has 0 radical (unpaired) electrons. The molecule has 0 unspecified atom stereocenters. The van der Waals surface area contributed by atoms with Crippen molar-refractivity contribution in [1.82, 2.24) is 9.55 Å². The Balaban J connectivity index is 1.72. The molecule has 0 atom stereocenters. The molecule has 2 aromatic carbocycles. The first-order chi connectivity index (χ1) is 13.1. The van der Waals surface area contributed by atoms with Gasteiger partial charge in [0.1, 0.15) is 5.75 Å². The summed E-state index contributed by atoms with van der Waals surface area (Å²) >= 11 is 1.40. The van der Waals surface area contributed by atoms with Crippen LogP contribution in [0, 0.1) is 10.1 Å². The Hall–Kier alpha value is -2.87. The number of nitrogens with zero attached hydrogens (tertiary/aromatic N) is 3. The van der Waals surface area contributed by atoms with E-state index in [0.29, 0.717) is 33.1 Å². The zero-order valence-corrected chi connectivity index (χ0v) is 15.4. The summed E-state index contributed by atoms with van der Waals surface area (Å²) < 4.78 is 7.09. The van der Waals surface area contributed by atoms with Crippen LogP contribution in [-0.2, 0) is 5.75 Å². The highest BCUT2D eigenvalue weighted by Gasteiger charge is 2.28. The molecule has 0 aliphatic heterocycles. The summed E-state index contributed by atoms with van der Waals surface area (Å²) in [6.07, 6.45) is 1.93. The molecule has 138 valence electrons. The second-order valence-electron chi connectivity index (χ2n) is 6.36. The van der Waals surface area contributed by atoms with Crippen molar-refractivity contribution >= 4 is 28.4 Å². The number of thioether (sulfide) groups is 1. The van der Waals surface area contributed by atoms with E-state index in [4.69, 9.17) is 4.74 Å². The molecule has 0 N–H and O–H groups in total. The van der Waals surface area contributed by atoms with Gasteiger partial charge in [-0.25, -0.2) is 4.98 Å². The van der Waals surface area contributed by atoms with Crippen LogP contribution in [0.25, 0.3) is 10.9 Å². The fourth-order valence-electron chi connectivity index (χ4n) is 3.02. The van der Waals surface area contributed by atoms with Gasteiger partial charge < -0.3 is 4.74 Å². The topological polar surface area (TPSA) is 87.3 Å². The minimum absolute atomic E-state index is 0.0115. The number of hydrogen-bond donors (Lipinski definition) is 0. The average Bonchev–Trinajstić information content (AvgIpc) is 3.51. The van der Waals surface area contributed by atoms with E-state index >= 15 is 0 Å². The molecular formula is C19H17N3O4S. The fraction of sp³-hybridized carbons (Fsp3) is 0.263.